The molecule has 49 heavy (non-hydrogen) atoms. The number of alkyl halides is 3. The summed E-state index contributed by atoms with van der Waals surface area (Å²) in [5.74, 6) is -3.67. The highest BCUT2D eigenvalue weighted by atomic mass is 19.4. The lowest BCUT2D eigenvalue weighted by atomic mass is 9.76. The van der Waals surface area contributed by atoms with Crippen LogP contribution in [0.4, 0.5) is 13.2 Å². The van der Waals surface area contributed by atoms with E-state index in [9.17, 15) is 27.6 Å². The molecule has 0 aliphatic heterocycles. The number of amides is 3. The number of guanidine groups is 1. The molecule has 2 fully saturated rings. The molecule has 0 bridgehead atoms. The van der Waals surface area contributed by atoms with Crippen molar-refractivity contribution in [1.29, 1.82) is 5.41 Å². The van der Waals surface area contributed by atoms with Crippen LogP contribution in [0.25, 0.3) is 0 Å². The maximum Gasteiger partial charge on any atom is 0.490 e. The second-order valence-corrected chi connectivity index (χ2v) is 12.8. The van der Waals surface area contributed by atoms with Gasteiger partial charge in [-0.1, -0.05) is 75.6 Å². The standard InChI is InChI=1S/C31H50N8O3.C2HF3O2/c32-27(33)23-15-13-21(14-16-23)18-24(22-10-5-2-6-11-22)29(41)39-26(19-20-8-3-1-4-9-20)30(42)38-25(28(34)40)12-7-17-37-31(35)36;3-2(4,5)1(6)7/h13-16,20,22,24-26H,1-12,17-19H2,(H3,32,33)(H2,34,40)(H,38,42)(H,39,41)(H4,35,36,37);(H,6,7)/t24?,25-,26-;/m0./s1. The molecule has 12 N–H and O–H groups in total. The van der Waals surface area contributed by atoms with Gasteiger partial charge in [-0.15, -0.1) is 0 Å². The number of aliphatic carboxylic acids is 1. The Balaban J connectivity index is 0.00000107. The average Bonchev–Trinajstić information content (AvgIpc) is 3.05. The molecule has 2 saturated carbocycles. The van der Waals surface area contributed by atoms with Gasteiger partial charge in [-0.3, -0.25) is 24.8 Å². The van der Waals surface area contributed by atoms with Gasteiger partial charge in [0.1, 0.15) is 17.9 Å². The van der Waals surface area contributed by atoms with Crippen molar-refractivity contribution in [3.8, 4) is 0 Å². The zero-order chi connectivity index (χ0) is 36.6. The van der Waals surface area contributed by atoms with Crippen LogP contribution in [0.15, 0.2) is 29.3 Å². The second kappa shape index (κ2) is 20.2. The molecule has 16 heteroatoms. The monoisotopic (exact) mass is 696 g/mol. The fourth-order valence-electron chi connectivity index (χ4n) is 6.41. The Morgan fingerprint density at radius 1 is 0.857 bits per heavy atom. The maximum atomic E-state index is 14.0. The number of carbonyl (C=O) groups is 4. The first-order valence-corrected chi connectivity index (χ1v) is 16.8. The third-order valence-electron chi connectivity index (χ3n) is 9.05. The molecule has 2 aliphatic carbocycles. The number of nitrogens with two attached hydrogens (primary N) is 4. The third-order valence-corrected chi connectivity index (χ3v) is 9.05. The molecule has 274 valence electrons. The Morgan fingerprint density at radius 3 is 1.88 bits per heavy atom. The van der Waals surface area contributed by atoms with E-state index in [4.69, 9.17) is 38.2 Å². The summed E-state index contributed by atoms with van der Waals surface area (Å²) in [6, 6.07) is 5.82. The van der Waals surface area contributed by atoms with Gasteiger partial charge < -0.3 is 38.7 Å². The molecule has 0 aromatic heterocycles. The molecule has 1 unspecified atom stereocenters. The number of amidine groups is 1. The van der Waals surface area contributed by atoms with Gasteiger partial charge in [0.25, 0.3) is 0 Å². The lowest BCUT2D eigenvalue weighted by Gasteiger charge is -2.32. The Morgan fingerprint density at radius 2 is 1.39 bits per heavy atom. The number of nitrogen functional groups attached to an aromatic ring is 1. The molecule has 1 aromatic carbocycles. The Labute approximate surface area is 284 Å². The number of aliphatic imine (C=N–C) groups is 1. The molecular formula is C33H51F3N8O5. The third kappa shape index (κ3) is 15.2. The first-order chi connectivity index (χ1) is 23.1. The van der Waals surface area contributed by atoms with Gasteiger partial charge in [-0.25, -0.2) is 4.79 Å². The number of carboxylic acids is 1. The number of halogens is 3. The lowest BCUT2D eigenvalue weighted by molar-refractivity contribution is -0.192. The fraction of sp³-hybridized carbons (Fsp3) is 0.636. The molecule has 3 atom stereocenters. The van der Waals surface area contributed by atoms with Crippen molar-refractivity contribution < 1.29 is 37.5 Å². The number of nitrogens with one attached hydrogen (secondary N) is 3. The molecule has 2 aliphatic rings. The predicted molar refractivity (Wildman–Crippen MR) is 179 cm³/mol. The smallest absolute Gasteiger partial charge is 0.475 e. The SMILES string of the molecule is N=C(N)c1ccc(CC(C(=O)N[C@@H](CC2CCCCC2)C(=O)N[C@@H](CCCN=C(N)N)C(N)=O)C2CCCCC2)cc1.O=C(O)C(F)(F)F. The van der Waals surface area contributed by atoms with Crippen molar-refractivity contribution >= 4 is 35.5 Å². The van der Waals surface area contributed by atoms with Crippen molar-refractivity contribution in [2.75, 3.05) is 6.54 Å². The molecule has 3 amide bonds. The number of rotatable bonds is 15. The summed E-state index contributed by atoms with van der Waals surface area (Å²) >= 11 is 0. The van der Waals surface area contributed by atoms with Crippen LogP contribution in [0.1, 0.15) is 94.6 Å². The van der Waals surface area contributed by atoms with E-state index in [2.05, 4.69) is 15.6 Å². The van der Waals surface area contributed by atoms with E-state index < -0.39 is 30.1 Å². The fourth-order valence-corrected chi connectivity index (χ4v) is 6.41. The van der Waals surface area contributed by atoms with Crippen LogP contribution in [0.2, 0.25) is 0 Å². The van der Waals surface area contributed by atoms with E-state index in [-0.39, 0.29) is 35.4 Å². The number of carbonyl (C=O) groups excluding carboxylic acids is 3. The van der Waals surface area contributed by atoms with Gasteiger partial charge in [-0.2, -0.15) is 13.2 Å². The van der Waals surface area contributed by atoms with Gasteiger partial charge >= 0.3 is 12.1 Å². The second-order valence-electron chi connectivity index (χ2n) is 12.8. The molecular weight excluding hydrogens is 645 g/mol. The van der Waals surface area contributed by atoms with Crippen LogP contribution in [0.3, 0.4) is 0 Å². The summed E-state index contributed by atoms with van der Waals surface area (Å²) in [4.78, 5) is 52.7. The van der Waals surface area contributed by atoms with E-state index in [0.29, 0.717) is 43.7 Å². The van der Waals surface area contributed by atoms with E-state index in [1.165, 1.54) is 12.8 Å². The van der Waals surface area contributed by atoms with Crippen molar-refractivity contribution in [2.24, 2.45) is 45.7 Å². The predicted octanol–water partition coefficient (Wildman–Crippen LogP) is 2.82. The average molecular weight is 697 g/mol. The van der Waals surface area contributed by atoms with Crippen LogP contribution in [0.5, 0.6) is 0 Å². The first kappa shape index (κ1) is 40.8. The number of nitrogens with zero attached hydrogens (tertiary/aromatic N) is 1. The minimum absolute atomic E-state index is 0.00481. The summed E-state index contributed by atoms with van der Waals surface area (Å²) in [6.07, 6.45) is 7.50. The first-order valence-electron chi connectivity index (χ1n) is 16.8. The van der Waals surface area contributed by atoms with Crippen molar-refractivity contribution in [3.63, 3.8) is 0 Å². The summed E-state index contributed by atoms with van der Waals surface area (Å²) < 4.78 is 31.7. The quantitative estimate of drug-likeness (QED) is 0.0767. The molecule has 1 aromatic rings. The van der Waals surface area contributed by atoms with E-state index in [1.54, 1.807) is 0 Å². The molecule has 3 rings (SSSR count). The number of hydrogen-bond acceptors (Lipinski definition) is 6. The Hall–Kier alpha value is -4.37. The van der Waals surface area contributed by atoms with Crippen LogP contribution in [-0.2, 0) is 25.6 Å². The van der Waals surface area contributed by atoms with Gasteiger partial charge in [0.15, 0.2) is 5.96 Å². The molecule has 0 spiro atoms. The van der Waals surface area contributed by atoms with Crippen LogP contribution in [0, 0.1) is 23.2 Å². The summed E-state index contributed by atoms with van der Waals surface area (Å²) in [5.41, 5.74) is 23.7. The zero-order valence-electron chi connectivity index (χ0n) is 27.8. The zero-order valence-corrected chi connectivity index (χ0v) is 27.8. The molecule has 0 saturated heterocycles. The van der Waals surface area contributed by atoms with Crippen molar-refractivity contribution in [3.05, 3.63) is 35.4 Å². The van der Waals surface area contributed by atoms with Crippen molar-refractivity contribution in [2.45, 2.75) is 108 Å². The lowest BCUT2D eigenvalue weighted by Crippen LogP contribution is -2.55. The van der Waals surface area contributed by atoms with Crippen LogP contribution < -0.4 is 33.6 Å². The molecule has 13 nitrogen and oxygen atoms in total. The van der Waals surface area contributed by atoms with E-state index in [1.807, 2.05) is 24.3 Å². The summed E-state index contributed by atoms with van der Waals surface area (Å²) in [6.45, 7) is 0.320. The van der Waals surface area contributed by atoms with Crippen LogP contribution >= 0.6 is 0 Å². The largest absolute Gasteiger partial charge is 0.490 e. The van der Waals surface area contributed by atoms with Crippen molar-refractivity contribution in [1.82, 2.24) is 10.6 Å². The summed E-state index contributed by atoms with van der Waals surface area (Å²) in [5, 5.41) is 20.7. The Bertz CT molecular complexity index is 1280. The highest BCUT2D eigenvalue weighted by molar-refractivity contribution is 5.95. The van der Waals surface area contributed by atoms with Crippen LogP contribution in [-0.4, -0.2) is 65.4 Å². The maximum absolute atomic E-state index is 14.0. The van der Waals surface area contributed by atoms with Gasteiger partial charge in [-0.05, 0) is 55.9 Å². The normalized spacial score (nSPS) is 17.3. The number of hydrogen-bond donors (Lipinski definition) is 8. The van der Waals surface area contributed by atoms with E-state index in [0.717, 1.165) is 56.9 Å². The number of carboxylic acid groups (broad SMARTS) is 1. The number of primary amides is 1. The highest BCUT2D eigenvalue weighted by Crippen LogP contribution is 2.33. The number of benzene rings is 1. The molecule has 0 heterocycles. The van der Waals surface area contributed by atoms with Gasteiger partial charge in [0.2, 0.25) is 17.7 Å². The minimum atomic E-state index is -5.08. The Kier molecular flexibility index (Phi) is 16.8. The summed E-state index contributed by atoms with van der Waals surface area (Å²) in [7, 11) is 0. The van der Waals surface area contributed by atoms with E-state index >= 15 is 0 Å². The minimum Gasteiger partial charge on any atom is -0.475 e. The molecule has 0 radical (unpaired) electrons. The highest BCUT2D eigenvalue weighted by Gasteiger charge is 2.38. The van der Waals surface area contributed by atoms with Gasteiger partial charge in [0.05, 0.1) is 0 Å². The van der Waals surface area contributed by atoms with Gasteiger partial charge in [0, 0.05) is 18.0 Å². The topological polar surface area (TPSA) is 253 Å².